The molecule has 1 amide bonds. The van der Waals surface area contributed by atoms with E-state index in [1.54, 1.807) is 0 Å². The fourth-order valence-corrected chi connectivity index (χ4v) is 4.13. The minimum absolute atomic E-state index is 0.170. The molecule has 2 fully saturated rings. The smallest absolute Gasteiger partial charge is 0.318 e. The highest BCUT2D eigenvalue weighted by molar-refractivity contribution is 7.12. The number of carbonyl (C=O) groups is 1. The van der Waals surface area contributed by atoms with Crippen molar-refractivity contribution in [2.45, 2.75) is 51.0 Å². The molecule has 2 aliphatic rings. The van der Waals surface area contributed by atoms with Crippen molar-refractivity contribution in [3.63, 3.8) is 0 Å². The molecule has 1 aliphatic carbocycles. The minimum atomic E-state index is 0.170. The maximum atomic E-state index is 12.8. The number of nitrogens with zero attached hydrogens (tertiary/aromatic N) is 4. The number of hydrogen-bond acceptors (Lipinski definition) is 6. The summed E-state index contributed by atoms with van der Waals surface area (Å²) in [5.74, 6) is 1.45. The van der Waals surface area contributed by atoms with Crippen LogP contribution in [0.2, 0.25) is 0 Å². The third kappa shape index (κ3) is 3.56. The Bertz CT molecular complexity index is 702. The van der Waals surface area contributed by atoms with Gasteiger partial charge in [-0.3, -0.25) is 4.79 Å². The average molecular weight is 360 g/mol. The largest absolute Gasteiger partial charge is 0.408 e. The predicted molar refractivity (Wildman–Crippen MR) is 97.2 cm³/mol. The molecule has 134 valence electrons. The van der Waals surface area contributed by atoms with E-state index in [9.17, 15) is 4.79 Å². The summed E-state index contributed by atoms with van der Waals surface area (Å²) in [7, 11) is 0. The molecule has 6 nitrogen and oxygen atoms in total. The number of thiophene rings is 1. The van der Waals surface area contributed by atoms with Crippen LogP contribution in [0.15, 0.2) is 21.9 Å². The maximum Gasteiger partial charge on any atom is 0.318 e. The minimum Gasteiger partial charge on any atom is -0.408 e. The zero-order valence-corrected chi connectivity index (χ0v) is 15.4. The van der Waals surface area contributed by atoms with Crippen molar-refractivity contribution in [2.24, 2.45) is 0 Å². The molecular weight excluding hydrogens is 336 g/mol. The molecule has 1 saturated heterocycles. The van der Waals surface area contributed by atoms with E-state index in [-0.39, 0.29) is 11.9 Å². The summed E-state index contributed by atoms with van der Waals surface area (Å²) in [4.78, 5) is 17.9. The van der Waals surface area contributed by atoms with E-state index >= 15 is 0 Å². The number of carbonyl (C=O) groups excluding carboxylic acids is 1. The first kappa shape index (κ1) is 16.6. The molecule has 0 aromatic carbocycles. The Hall–Kier alpha value is -1.89. The highest BCUT2D eigenvalue weighted by Crippen LogP contribution is 2.40. The molecule has 2 aromatic rings. The molecule has 7 heteroatoms. The number of anilines is 1. The number of hydrogen-bond donors (Lipinski definition) is 0. The van der Waals surface area contributed by atoms with Crippen molar-refractivity contribution < 1.29 is 9.21 Å². The highest BCUT2D eigenvalue weighted by atomic mass is 32.1. The summed E-state index contributed by atoms with van der Waals surface area (Å²) in [6.45, 7) is 4.65. The van der Waals surface area contributed by atoms with Gasteiger partial charge in [-0.25, -0.2) is 0 Å². The fraction of sp³-hybridized carbons (Fsp3) is 0.611. The first-order chi connectivity index (χ1) is 12.3. The molecule has 0 bridgehead atoms. The van der Waals surface area contributed by atoms with Crippen LogP contribution in [0, 0.1) is 0 Å². The zero-order chi connectivity index (χ0) is 17.2. The van der Waals surface area contributed by atoms with E-state index in [2.05, 4.69) is 26.9 Å². The third-order valence-electron chi connectivity index (χ3n) is 4.99. The molecule has 0 N–H and O–H groups in total. The van der Waals surface area contributed by atoms with Gasteiger partial charge in [0.25, 0.3) is 5.91 Å². The van der Waals surface area contributed by atoms with Gasteiger partial charge in [-0.15, -0.1) is 16.4 Å². The van der Waals surface area contributed by atoms with Crippen LogP contribution in [0.3, 0.4) is 0 Å². The lowest BCUT2D eigenvalue weighted by Crippen LogP contribution is -2.47. The van der Waals surface area contributed by atoms with Crippen LogP contribution in [0.5, 0.6) is 0 Å². The highest BCUT2D eigenvalue weighted by Gasteiger charge is 2.32. The molecule has 0 atom stereocenters. The molecule has 0 unspecified atom stereocenters. The summed E-state index contributed by atoms with van der Waals surface area (Å²) >= 11 is 1.52. The molecule has 4 rings (SSSR count). The predicted octanol–water partition coefficient (Wildman–Crippen LogP) is 3.53. The second-order valence-electron chi connectivity index (χ2n) is 6.89. The van der Waals surface area contributed by atoms with Gasteiger partial charge in [0, 0.05) is 31.6 Å². The Labute approximate surface area is 151 Å². The van der Waals surface area contributed by atoms with Gasteiger partial charge >= 0.3 is 6.01 Å². The lowest BCUT2D eigenvalue weighted by molar-refractivity contribution is 0.0654. The molecule has 1 saturated carbocycles. The maximum absolute atomic E-state index is 12.8. The van der Waals surface area contributed by atoms with Gasteiger partial charge in [-0.2, -0.15) is 0 Å². The van der Waals surface area contributed by atoms with Crippen molar-refractivity contribution in [1.82, 2.24) is 15.1 Å². The average Bonchev–Trinajstić information content (AvgIpc) is 3.14. The van der Waals surface area contributed by atoms with Crippen molar-refractivity contribution in [2.75, 3.05) is 24.5 Å². The van der Waals surface area contributed by atoms with Crippen molar-refractivity contribution >= 4 is 23.3 Å². The van der Waals surface area contributed by atoms with E-state index in [0.717, 1.165) is 49.7 Å². The van der Waals surface area contributed by atoms with Gasteiger partial charge < -0.3 is 14.2 Å². The van der Waals surface area contributed by atoms with Crippen LogP contribution in [0.25, 0.3) is 0 Å². The van der Waals surface area contributed by atoms with Gasteiger partial charge in [0.2, 0.25) is 5.89 Å². The SMILES string of the molecule is CCCN(C(=O)c1cccs1)C1CCN(c2nnc(C3CC3)o2)CC1. The van der Waals surface area contributed by atoms with Crippen molar-refractivity contribution in [3.8, 4) is 0 Å². The number of amides is 1. The lowest BCUT2D eigenvalue weighted by Gasteiger charge is -2.37. The third-order valence-corrected chi connectivity index (χ3v) is 5.85. The monoisotopic (exact) mass is 360 g/mol. The fourth-order valence-electron chi connectivity index (χ4n) is 3.45. The van der Waals surface area contributed by atoms with Gasteiger partial charge in [-0.1, -0.05) is 18.1 Å². The van der Waals surface area contributed by atoms with Crippen LogP contribution < -0.4 is 4.90 Å². The van der Waals surface area contributed by atoms with Crippen molar-refractivity contribution in [1.29, 1.82) is 0 Å². The number of rotatable bonds is 6. The van der Waals surface area contributed by atoms with Gasteiger partial charge in [0.05, 0.1) is 4.88 Å². The van der Waals surface area contributed by atoms with E-state index in [1.165, 1.54) is 24.2 Å². The molecule has 25 heavy (non-hydrogen) atoms. The topological polar surface area (TPSA) is 62.5 Å². The van der Waals surface area contributed by atoms with Crippen LogP contribution >= 0.6 is 11.3 Å². The molecule has 0 radical (unpaired) electrons. The van der Waals surface area contributed by atoms with Crippen LogP contribution in [-0.4, -0.2) is 46.7 Å². The Balaban J connectivity index is 1.39. The number of aromatic nitrogens is 2. The summed E-state index contributed by atoms with van der Waals surface area (Å²) in [6.07, 6.45) is 5.20. The summed E-state index contributed by atoms with van der Waals surface area (Å²) in [5.41, 5.74) is 0. The summed E-state index contributed by atoms with van der Waals surface area (Å²) in [6, 6.07) is 4.80. The number of piperidine rings is 1. The Morgan fingerprint density at radius 1 is 1.32 bits per heavy atom. The quantitative estimate of drug-likeness (QED) is 0.788. The first-order valence-corrected chi connectivity index (χ1v) is 10.1. The second-order valence-corrected chi connectivity index (χ2v) is 7.84. The van der Waals surface area contributed by atoms with E-state index in [4.69, 9.17) is 4.42 Å². The first-order valence-electron chi connectivity index (χ1n) is 9.19. The standard InChI is InChI=1S/C18H24N4O2S/c1-2-9-22(17(23)15-4-3-12-25-15)14-7-10-21(11-8-14)18-20-19-16(24-18)13-5-6-13/h3-4,12-14H,2,5-11H2,1H3. The second kappa shape index (κ2) is 7.15. The van der Waals surface area contributed by atoms with Crippen LogP contribution in [0.1, 0.15) is 60.5 Å². The van der Waals surface area contributed by atoms with Gasteiger partial charge in [0.1, 0.15) is 0 Å². The zero-order valence-electron chi connectivity index (χ0n) is 14.6. The van der Waals surface area contributed by atoms with Crippen LogP contribution in [0.4, 0.5) is 6.01 Å². The molecule has 0 spiro atoms. The Morgan fingerprint density at radius 2 is 2.12 bits per heavy atom. The summed E-state index contributed by atoms with van der Waals surface area (Å²) in [5, 5.41) is 10.4. The Morgan fingerprint density at radius 3 is 2.76 bits per heavy atom. The Kier molecular flexibility index (Phi) is 4.74. The van der Waals surface area contributed by atoms with Gasteiger partial charge in [-0.05, 0) is 43.6 Å². The molecular formula is C18H24N4O2S. The van der Waals surface area contributed by atoms with E-state index in [1.807, 2.05) is 17.5 Å². The molecule has 2 aromatic heterocycles. The molecule has 1 aliphatic heterocycles. The van der Waals surface area contributed by atoms with E-state index in [0.29, 0.717) is 11.9 Å². The van der Waals surface area contributed by atoms with Crippen LogP contribution in [-0.2, 0) is 0 Å². The van der Waals surface area contributed by atoms with E-state index < -0.39 is 0 Å². The lowest BCUT2D eigenvalue weighted by atomic mass is 10.0. The summed E-state index contributed by atoms with van der Waals surface area (Å²) < 4.78 is 5.82. The molecule has 3 heterocycles. The van der Waals surface area contributed by atoms with Gasteiger partial charge in [0.15, 0.2) is 0 Å². The van der Waals surface area contributed by atoms with Crippen molar-refractivity contribution in [3.05, 3.63) is 28.3 Å². The normalized spacial score (nSPS) is 18.5.